The number of carbonyl (C=O) groups is 2. The predicted molar refractivity (Wildman–Crippen MR) is 75.5 cm³/mol. The Labute approximate surface area is 117 Å². The van der Waals surface area contributed by atoms with Crippen molar-refractivity contribution in [1.29, 1.82) is 0 Å². The lowest BCUT2D eigenvalue weighted by molar-refractivity contribution is -0.137. The first-order chi connectivity index (χ1) is 9.00. The summed E-state index contributed by atoms with van der Waals surface area (Å²) >= 11 is 1.68. The van der Waals surface area contributed by atoms with E-state index in [0.717, 1.165) is 6.42 Å². The standard InChI is InChI=1S/C13H20N2O3S/c1-10(9-11-5-4-8-19-11)15(2)13(18)14-7-3-6-12(16)17/h4-5,8,10H,3,6-7,9H2,1-2H3,(H,14,18)(H,16,17). The first-order valence-electron chi connectivity index (χ1n) is 6.25. The molecule has 0 radical (unpaired) electrons. The van der Waals surface area contributed by atoms with Gasteiger partial charge in [-0.3, -0.25) is 4.79 Å². The zero-order valence-electron chi connectivity index (χ0n) is 11.3. The molecule has 5 nitrogen and oxygen atoms in total. The van der Waals surface area contributed by atoms with Gasteiger partial charge in [-0.15, -0.1) is 11.3 Å². The van der Waals surface area contributed by atoms with E-state index in [1.165, 1.54) is 4.88 Å². The Morgan fingerprint density at radius 2 is 2.26 bits per heavy atom. The number of aliphatic carboxylic acids is 1. The van der Waals surface area contributed by atoms with E-state index >= 15 is 0 Å². The molecule has 0 fully saturated rings. The number of nitrogens with zero attached hydrogens (tertiary/aromatic N) is 1. The average molecular weight is 284 g/mol. The monoisotopic (exact) mass is 284 g/mol. The second-order valence-electron chi connectivity index (χ2n) is 4.47. The van der Waals surface area contributed by atoms with Crippen molar-refractivity contribution in [2.45, 2.75) is 32.2 Å². The Kier molecular flexibility index (Phi) is 6.35. The molecule has 0 bridgehead atoms. The molecule has 1 atom stereocenters. The molecule has 0 aliphatic carbocycles. The summed E-state index contributed by atoms with van der Waals surface area (Å²) in [7, 11) is 1.75. The summed E-state index contributed by atoms with van der Waals surface area (Å²) in [5.41, 5.74) is 0. The summed E-state index contributed by atoms with van der Waals surface area (Å²) in [6.45, 7) is 2.39. The lowest BCUT2D eigenvalue weighted by Crippen LogP contribution is -2.43. The highest BCUT2D eigenvalue weighted by Crippen LogP contribution is 2.13. The van der Waals surface area contributed by atoms with Crippen LogP contribution in [-0.2, 0) is 11.2 Å². The van der Waals surface area contributed by atoms with Crippen LogP contribution in [0.15, 0.2) is 17.5 Å². The van der Waals surface area contributed by atoms with E-state index in [4.69, 9.17) is 5.11 Å². The van der Waals surface area contributed by atoms with Crippen LogP contribution in [0.5, 0.6) is 0 Å². The van der Waals surface area contributed by atoms with Crippen LogP contribution in [0, 0.1) is 0 Å². The molecule has 0 aromatic carbocycles. The second kappa shape index (κ2) is 7.78. The zero-order valence-corrected chi connectivity index (χ0v) is 12.1. The zero-order chi connectivity index (χ0) is 14.3. The van der Waals surface area contributed by atoms with Gasteiger partial charge >= 0.3 is 12.0 Å². The Balaban J connectivity index is 2.28. The highest BCUT2D eigenvalue weighted by atomic mass is 32.1. The van der Waals surface area contributed by atoms with Crippen LogP contribution in [0.4, 0.5) is 4.79 Å². The summed E-state index contributed by atoms with van der Waals surface area (Å²) in [5.74, 6) is -0.839. The fraction of sp³-hybridized carbons (Fsp3) is 0.538. The van der Waals surface area contributed by atoms with E-state index in [0.29, 0.717) is 13.0 Å². The van der Waals surface area contributed by atoms with Gasteiger partial charge in [-0.2, -0.15) is 0 Å². The molecular formula is C13H20N2O3S. The average Bonchev–Trinajstić information content (AvgIpc) is 2.85. The maximum Gasteiger partial charge on any atom is 0.317 e. The summed E-state index contributed by atoms with van der Waals surface area (Å²) in [6, 6.07) is 4.01. The fourth-order valence-electron chi connectivity index (χ4n) is 1.62. The van der Waals surface area contributed by atoms with Gasteiger partial charge in [0, 0.05) is 37.4 Å². The molecule has 1 heterocycles. The van der Waals surface area contributed by atoms with Crippen molar-refractivity contribution in [2.75, 3.05) is 13.6 Å². The number of rotatable bonds is 7. The van der Waals surface area contributed by atoms with Crippen molar-refractivity contribution in [3.8, 4) is 0 Å². The van der Waals surface area contributed by atoms with Gasteiger partial charge in [0.15, 0.2) is 0 Å². The molecule has 2 amide bonds. The maximum atomic E-state index is 11.8. The molecule has 1 rings (SSSR count). The van der Waals surface area contributed by atoms with E-state index in [1.54, 1.807) is 23.3 Å². The van der Waals surface area contributed by atoms with E-state index in [1.807, 2.05) is 18.4 Å². The third-order valence-electron chi connectivity index (χ3n) is 2.90. The van der Waals surface area contributed by atoms with Crippen molar-refractivity contribution in [3.63, 3.8) is 0 Å². The molecule has 0 aliphatic heterocycles. The molecule has 106 valence electrons. The van der Waals surface area contributed by atoms with Gasteiger partial charge in [-0.1, -0.05) is 6.07 Å². The Morgan fingerprint density at radius 3 is 2.84 bits per heavy atom. The number of thiophene rings is 1. The first kappa shape index (κ1) is 15.5. The molecule has 1 aromatic rings. The van der Waals surface area contributed by atoms with Crippen molar-refractivity contribution in [2.24, 2.45) is 0 Å². The molecule has 0 spiro atoms. The van der Waals surface area contributed by atoms with Gasteiger partial charge in [-0.05, 0) is 24.8 Å². The Bertz CT molecular complexity index is 406. The van der Waals surface area contributed by atoms with Gasteiger partial charge in [0.2, 0.25) is 0 Å². The minimum atomic E-state index is -0.839. The molecule has 0 saturated carbocycles. The van der Waals surface area contributed by atoms with Gasteiger partial charge in [0.05, 0.1) is 0 Å². The van der Waals surface area contributed by atoms with Gasteiger partial charge < -0.3 is 15.3 Å². The van der Waals surface area contributed by atoms with E-state index in [-0.39, 0.29) is 18.5 Å². The van der Waals surface area contributed by atoms with E-state index in [2.05, 4.69) is 11.4 Å². The number of carboxylic acids is 1. The van der Waals surface area contributed by atoms with Crippen LogP contribution in [0.3, 0.4) is 0 Å². The van der Waals surface area contributed by atoms with Crippen LogP contribution in [0.1, 0.15) is 24.6 Å². The van der Waals surface area contributed by atoms with Gasteiger partial charge in [-0.25, -0.2) is 4.79 Å². The quantitative estimate of drug-likeness (QED) is 0.754. The van der Waals surface area contributed by atoms with Crippen molar-refractivity contribution in [1.82, 2.24) is 10.2 Å². The highest BCUT2D eigenvalue weighted by Gasteiger charge is 2.15. The van der Waals surface area contributed by atoms with Crippen LogP contribution >= 0.6 is 11.3 Å². The molecule has 1 aromatic heterocycles. The van der Waals surface area contributed by atoms with Crippen molar-refractivity contribution < 1.29 is 14.7 Å². The minimum absolute atomic E-state index is 0.0781. The van der Waals surface area contributed by atoms with Crippen LogP contribution in [0.2, 0.25) is 0 Å². The molecular weight excluding hydrogens is 264 g/mol. The number of likely N-dealkylation sites (N-methyl/N-ethyl adjacent to an activating group) is 1. The Hall–Kier alpha value is -1.56. The number of nitrogens with one attached hydrogen (secondary N) is 1. The first-order valence-corrected chi connectivity index (χ1v) is 7.13. The molecule has 0 saturated heterocycles. The number of hydrogen-bond donors (Lipinski definition) is 2. The van der Waals surface area contributed by atoms with E-state index < -0.39 is 5.97 Å². The number of carbonyl (C=O) groups excluding carboxylic acids is 1. The minimum Gasteiger partial charge on any atom is -0.481 e. The van der Waals surface area contributed by atoms with Crippen molar-refractivity contribution >= 4 is 23.3 Å². The number of hydrogen-bond acceptors (Lipinski definition) is 3. The lowest BCUT2D eigenvalue weighted by Gasteiger charge is -2.24. The van der Waals surface area contributed by atoms with Crippen LogP contribution in [0.25, 0.3) is 0 Å². The van der Waals surface area contributed by atoms with E-state index in [9.17, 15) is 9.59 Å². The maximum absolute atomic E-state index is 11.8. The second-order valence-corrected chi connectivity index (χ2v) is 5.50. The molecule has 1 unspecified atom stereocenters. The van der Waals surface area contributed by atoms with Crippen LogP contribution < -0.4 is 5.32 Å². The molecule has 0 aliphatic rings. The van der Waals surface area contributed by atoms with Gasteiger partial charge in [0.1, 0.15) is 0 Å². The van der Waals surface area contributed by atoms with Gasteiger partial charge in [0.25, 0.3) is 0 Å². The fourth-order valence-corrected chi connectivity index (χ4v) is 2.44. The smallest absolute Gasteiger partial charge is 0.317 e. The SMILES string of the molecule is CC(Cc1cccs1)N(C)C(=O)NCCCC(=O)O. The van der Waals surface area contributed by atoms with Crippen molar-refractivity contribution in [3.05, 3.63) is 22.4 Å². The summed E-state index contributed by atoms with van der Waals surface area (Å²) in [6.07, 6.45) is 1.36. The molecule has 6 heteroatoms. The lowest BCUT2D eigenvalue weighted by atomic mass is 10.2. The summed E-state index contributed by atoms with van der Waals surface area (Å²) in [5, 5.41) is 13.2. The summed E-state index contributed by atoms with van der Waals surface area (Å²) < 4.78 is 0. The molecule has 19 heavy (non-hydrogen) atoms. The largest absolute Gasteiger partial charge is 0.481 e. The number of amides is 2. The third-order valence-corrected chi connectivity index (χ3v) is 3.80. The predicted octanol–water partition coefficient (Wildman–Crippen LogP) is 2.19. The molecule has 2 N–H and O–H groups in total. The van der Waals surface area contributed by atoms with Crippen LogP contribution in [-0.4, -0.2) is 41.6 Å². The summed E-state index contributed by atoms with van der Waals surface area (Å²) in [4.78, 5) is 25.1. The number of urea groups is 1. The topological polar surface area (TPSA) is 69.6 Å². The Morgan fingerprint density at radius 1 is 1.53 bits per heavy atom. The third kappa shape index (κ3) is 5.74. The normalized spacial score (nSPS) is 11.9. The highest BCUT2D eigenvalue weighted by molar-refractivity contribution is 7.09. The number of carboxylic acid groups (broad SMARTS) is 1.